The molecule has 3 rings (SSSR count). The lowest BCUT2D eigenvalue weighted by Crippen LogP contribution is -2.13. The lowest BCUT2D eigenvalue weighted by atomic mass is 10.1. The molecule has 0 atom stereocenters. The van der Waals surface area contributed by atoms with E-state index in [1.165, 1.54) is 31.5 Å². The Hall–Kier alpha value is -3.74. The molecule has 0 radical (unpaired) electrons. The Labute approximate surface area is 155 Å². The van der Waals surface area contributed by atoms with Crippen molar-refractivity contribution < 1.29 is 18.7 Å². The number of benzene rings is 2. The molecule has 0 aliphatic heterocycles. The number of anilines is 3. The molecule has 0 saturated carbocycles. The van der Waals surface area contributed by atoms with Crippen LogP contribution in [0.25, 0.3) is 0 Å². The first kappa shape index (κ1) is 18.1. The molecule has 136 valence electrons. The highest BCUT2D eigenvalue weighted by Gasteiger charge is 2.11. The van der Waals surface area contributed by atoms with Gasteiger partial charge in [0, 0.05) is 5.56 Å². The van der Waals surface area contributed by atoms with Crippen molar-refractivity contribution in [1.29, 1.82) is 0 Å². The second-order valence-corrected chi connectivity index (χ2v) is 5.56. The van der Waals surface area contributed by atoms with Crippen LogP contribution in [-0.2, 0) is 4.74 Å². The lowest BCUT2D eigenvalue weighted by Gasteiger charge is -2.11. The number of nitrogens with one attached hydrogen (secondary N) is 2. The third-order valence-corrected chi connectivity index (χ3v) is 3.70. The first-order valence-electron chi connectivity index (χ1n) is 8.04. The minimum atomic E-state index is -0.487. The zero-order chi connectivity index (χ0) is 19.2. The van der Waals surface area contributed by atoms with E-state index in [0.717, 1.165) is 6.07 Å². The summed E-state index contributed by atoms with van der Waals surface area (Å²) in [4.78, 5) is 28.1. The second-order valence-electron chi connectivity index (χ2n) is 5.56. The van der Waals surface area contributed by atoms with E-state index in [0.29, 0.717) is 22.8 Å². The number of pyridine rings is 1. The summed E-state index contributed by atoms with van der Waals surface area (Å²) < 4.78 is 18.0. The van der Waals surface area contributed by atoms with Gasteiger partial charge in [-0.15, -0.1) is 0 Å². The summed E-state index contributed by atoms with van der Waals surface area (Å²) in [6.07, 6.45) is 1.51. The fourth-order valence-electron chi connectivity index (χ4n) is 2.40. The minimum Gasteiger partial charge on any atom is -0.465 e. The van der Waals surface area contributed by atoms with Gasteiger partial charge in [0.05, 0.1) is 30.2 Å². The van der Waals surface area contributed by atoms with Crippen molar-refractivity contribution in [3.8, 4) is 0 Å². The third-order valence-electron chi connectivity index (χ3n) is 3.70. The number of rotatable bonds is 5. The average molecular weight is 365 g/mol. The molecule has 3 aromatic rings. The highest BCUT2D eigenvalue weighted by Crippen LogP contribution is 2.22. The normalized spacial score (nSPS) is 10.1. The Kier molecular flexibility index (Phi) is 5.41. The molecule has 0 spiro atoms. The molecule has 1 aromatic heterocycles. The number of esters is 1. The SMILES string of the molecule is COC(=O)c1ccccc1Nc1ccc(NC(=O)c2cccc(F)c2)nc1. The number of carbonyl (C=O) groups excluding carboxylic acids is 2. The van der Waals surface area contributed by atoms with Crippen LogP contribution in [0, 0.1) is 5.82 Å². The van der Waals surface area contributed by atoms with Crippen LogP contribution in [0.1, 0.15) is 20.7 Å². The number of hydrogen-bond donors (Lipinski definition) is 2. The van der Waals surface area contributed by atoms with Gasteiger partial charge in [0.15, 0.2) is 0 Å². The molecule has 0 bridgehead atoms. The Morgan fingerprint density at radius 3 is 2.56 bits per heavy atom. The second kappa shape index (κ2) is 8.09. The van der Waals surface area contributed by atoms with Crippen LogP contribution in [0.2, 0.25) is 0 Å². The van der Waals surface area contributed by atoms with Gasteiger partial charge in [-0.3, -0.25) is 4.79 Å². The Balaban J connectivity index is 1.71. The maximum Gasteiger partial charge on any atom is 0.339 e. The molecule has 0 aliphatic carbocycles. The molecule has 2 N–H and O–H groups in total. The minimum absolute atomic E-state index is 0.200. The van der Waals surface area contributed by atoms with Gasteiger partial charge in [0.1, 0.15) is 11.6 Å². The predicted octanol–water partition coefficient (Wildman–Crippen LogP) is 4.00. The molecule has 2 aromatic carbocycles. The van der Waals surface area contributed by atoms with E-state index in [4.69, 9.17) is 4.74 Å². The molecule has 0 unspecified atom stereocenters. The summed E-state index contributed by atoms with van der Waals surface area (Å²) in [5.74, 6) is -1.08. The molecule has 0 fully saturated rings. The van der Waals surface area contributed by atoms with Crippen molar-refractivity contribution in [2.45, 2.75) is 0 Å². The fraction of sp³-hybridized carbons (Fsp3) is 0.0500. The third kappa shape index (κ3) is 4.46. The van der Waals surface area contributed by atoms with E-state index in [-0.39, 0.29) is 5.56 Å². The Bertz CT molecular complexity index is 974. The summed E-state index contributed by atoms with van der Waals surface area (Å²) in [7, 11) is 1.32. The van der Waals surface area contributed by atoms with Gasteiger partial charge in [-0.2, -0.15) is 0 Å². The monoisotopic (exact) mass is 365 g/mol. The number of methoxy groups -OCH3 is 1. The molecule has 1 amide bonds. The van der Waals surface area contributed by atoms with E-state index in [9.17, 15) is 14.0 Å². The van der Waals surface area contributed by atoms with Gasteiger partial charge in [-0.05, 0) is 42.5 Å². The first-order valence-corrected chi connectivity index (χ1v) is 8.04. The Morgan fingerprint density at radius 2 is 1.85 bits per heavy atom. The molecule has 7 heteroatoms. The van der Waals surface area contributed by atoms with E-state index in [2.05, 4.69) is 15.6 Å². The number of amides is 1. The largest absolute Gasteiger partial charge is 0.465 e. The van der Waals surface area contributed by atoms with E-state index in [1.807, 2.05) is 0 Å². The van der Waals surface area contributed by atoms with Crippen LogP contribution in [0.3, 0.4) is 0 Å². The number of aromatic nitrogens is 1. The highest BCUT2D eigenvalue weighted by molar-refractivity contribution is 6.03. The van der Waals surface area contributed by atoms with Crippen LogP contribution in [0.5, 0.6) is 0 Å². The zero-order valence-electron chi connectivity index (χ0n) is 14.4. The predicted molar refractivity (Wildman–Crippen MR) is 99.7 cm³/mol. The van der Waals surface area contributed by atoms with Crippen molar-refractivity contribution >= 4 is 29.1 Å². The number of hydrogen-bond acceptors (Lipinski definition) is 5. The van der Waals surface area contributed by atoms with Crippen molar-refractivity contribution in [1.82, 2.24) is 4.98 Å². The van der Waals surface area contributed by atoms with E-state index < -0.39 is 17.7 Å². The summed E-state index contributed by atoms with van der Waals surface area (Å²) in [6.45, 7) is 0. The summed E-state index contributed by atoms with van der Waals surface area (Å²) >= 11 is 0. The summed E-state index contributed by atoms with van der Waals surface area (Å²) in [6, 6.07) is 15.6. The van der Waals surface area contributed by atoms with Crippen LogP contribution in [-0.4, -0.2) is 24.0 Å². The maximum atomic E-state index is 13.2. The first-order chi connectivity index (χ1) is 13.1. The van der Waals surface area contributed by atoms with E-state index >= 15 is 0 Å². The van der Waals surface area contributed by atoms with Crippen LogP contribution in [0.4, 0.5) is 21.6 Å². The zero-order valence-corrected chi connectivity index (χ0v) is 14.4. The molecular weight excluding hydrogens is 349 g/mol. The lowest BCUT2D eigenvalue weighted by molar-refractivity contribution is 0.0601. The van der Waals surface area contributed by atoms with Gasteiger partial charge in [-0.1, -0.05) is 18.2 Å². The molecule has 0 saturated heterocycles. The van der Waals surface area contributed by atoms with Gasteiger partial charge < -0.3 is 15.4 Å². The molecule has 27 heavy (non-hydrogen) atoms. The van der Waals surface area contributed by atoms with Crippen LogP contribution in [0.15, 0.2) is 66.9 Å². The molecular formula is C20H16FN3O3. The van der Waals surface area contributed by atoms with Gasteiger partial charge in [-0.25, -0.2) is 14.2 Å². The van der Waals surface area contributed by atoms with Gasteiger partial charge >= 0.3 is 5.97 Å². The number of halogens is 1. The number of ether oxygens (including phenoxy) is 1. The van der Waals surface area contributed by atoms with Crippen molar-refractivity contribution in [2.24, 2.45) is 0 Å². The summed E-state index contributed by atoms with van der Waals surface area (Å²) in [5.41, 5.74) is 1.78. The van der Waals surface area contributed by atoms with Gasteiger partial charge in [0.25, 0.3) is 5.91 Å². The fourth-order valence-corrected chi connectivity index (χ4v) is 2.40. The maximum absolute atomic E-state index is 13.2. The number of nitrogens with zero attached hydrogens (tertiary/aromatic N) is 1. The highest BCUT2D eigenvalue weighted by atomic mass is 19.1. The molecule has 1 heterocycles. The Morgan fingerprint density at radius 1 is 1.04 bits per heavy atom. The van der Waals surface area contributed by atoms with Crippen LogP contribution < -0.4 is 10.6 Å². The average Bonchev–Trinajstić information content (AvgIpc) is 2.69. The number of para-hydroxylation sites is 1. The summed E-state index contributed by atoms with van der Waals surface area (Å²) in [5, 5.41) is 5.68. The molecule has 6 nitrogen and oxygen atoms in total. The van der Waals surface area contributed by atoms with Crippen molar-refractivity contribution in [2.75, 3.05) is 17.7 Å². The van der Waals surface area contributed by atoms with Crippen molar-refractivity contribution in [3.63, 3.8) is 0 Å². The smallest absolute Gasteiger partial charge is 0.339 e. The van der Waals surface area contributed by atoms with E-state index in [1.54, 1.807) is 36.4 Å². The van der Waals surface area contributed by atoms with Gasteiger partial charge in [0.2, 0.25) is 0 Å². The quantitative estimate of drug-likeness (QED) is 0.668. The van der Waals surface area contributed by atoms with Crippen molar-refractivity contribution in [3.05, 3.63) is 83.8 Å². The number of carbonyl (C=O) groups is 2. The molecule has 0 aliphatic rings. The van der Waals surface area contributed by atoms with Crippen LogP contribution >= 0.6 is 0 Å². The standard InChI is InChI=1S/C20H16FN3O3/c1-27-20(26)16-7-2-3-8-17(16)23-15-9-10-18(22-12-15)24-19(25)13-5-4-6-14(21)11-13/h2-12,23H,1H3,(H,22,24,25). The topological polar surface area (TPSA) is 80.3 Å².